The van der Waals surface area contributed by atoms with Crippen molar-refractivity contribution in [1.29, 1.82) is 5.26 Å². The summed E-state index contributed by atoms with van der Waals surface area (Å²) in [6.07, 6.45) is 1.77. The number of carbonyl (C=O) groups excluding carboxylic acids is 6. The molecule has 0 bridgehead atoms. The van der Waals surface area contributed by atoms with E-state index in [4.69, 9.17) is 9.47 Å². The van der Waals surface area contributed by atoms with Gasteiger partial charge in [0.25, 0.3) is 0 Å². The van der Waals surface area contributed by atoms with Crippen molar-refractivity contribution in [2.75, 3.05) is 26.8 Å². The van der Waals surface area contributed by atoms with Gasteiger partial charge in [-0.1, -0.05) is 55.3 Å². The Bertz CT molecular complexity index is 2140. The third-order valence-corrected chi connectivity index (χ3v) is 12.0. The van der Waals surface area contributed by atoms with Gasteiger partial charge < -0.3 is 40.5 Å². The van der Waals surface area contributed by atoms with Crippen LogP contribution in [0, 0.1) is 17.1 Å². The standard InChI is InChI=1S/C45H50FN7O8/c1-60-27-36-42(57)52-21-7-10-37(52)43(58)53-26-33(61-32-8-3-2-4-9-32)24-38(53)41(56)48-35(23-28-11-13-30(25-47)14-12-28)40(55)51-45(19-5-6-20-45)44(59)50-34(39(54)49-36)22-29-15-17-31(46)18-16-29/h2-4,8-9,11-18,33-38H,5-7,10,19-24,26-27H2,1H3,(H,48,56)(H,49,54)(H,50,59)(H,51,55)/t33-,34-,35-,36-,37+,38+/m0/s1. The Morgan fingerprint density at radius 3 is 2.03 bits per heavy atom. The van der Waals surface area contributed by atoms with E-state index >= 15 is 0 Å². The first kappa shape index (κ1) is 42.8. The maximum atomic E-state index is 14.7. The molecule has 1 saturated carbocycles. The summed E-state index contributed by atoms with van der Waals surface area (Å²) in [6.45, 7) is -0.0317. The van der Waals surface area contributed by atoms with Crippen molar-refractivity contribution in [3.63, 3.8) is 0 Å². The summed E-state index contributed by atoms with van der Waals surface area (Å²) in [4.78, 5) is 89.9. The fraction of sp³-hybridized carbons (Fsp3) is 0.444. The highest BCUT2D eigenvalue weighted by atomic mass is 19.1. The van der Waals surface area contributed by atoms with E-state index in [1.165, 1.54) is 41.2 Å². The van der Waals surface area contributed by atoms with Crippen LogP contribution in [0.3, 0.4) is 0 Å². The van der Waals surface area contributed by atoms with Crippen molar-refractivity contribution in [1.82, 2.24) is 31.1 Å². The fourth-order valence-corrected chi connectivity index (χ4v) is 8.86. The second-order valence-corrected chi connectivity index (χ2v) is 16.2. The molecule has 0 unspecified atom stereocenters. The first-order chi connectivity index (χ1) is 29.5. The van der Waals surface area contributed by atoms with Gasteiger partial charge in [-0.2, -0.15) is 5.26 Å². The molecule has 1 aliphatic carbocycles. The lowest BCUT2D eigenvalue weighted by Gasteiger charge is -2.35. The maximum absolute atomic E-state index is 14.7. The summed E-state index contributed by atoms with van der Waals surface area (Å²) in [6, 6.07) is 17.2. The van der Waals surface area contributed by atoms with Gasteiger partial charge in [-0.05, 0) is 73.2 Å². The number of rotatable bonds is 8. The molecule has 3 saturated heterocycles. The Hall–Kier alpha value is -6.34. The molecular weight excluding hydrogens is 786 g/mol. The predicted octanol–water partition coefficient (Wildman–Crippen LogP) is 2.07. The molecule has 4 N–H and O–H groups in total. The number of benzene rings is 3. The summed E-state index contributed by atoms with van der Waals surface area (Å²) < 4.78 is 25.6. The van der Waals surface area contributed by atoms with Crippen LogP contribution >= 0.6 is 0 Å². The third kappa shape index (κ3) is 9.84. The predicted molar refractivity (Wildman–Crippen MR) is 218 cm³/mol. The van der Waals surface area contributed by atoms with E-state index < -0.39 is 83.1 Å². The summed E-state index contributed by atoms with van der Waals surface area (Å²) in [7, 11) is 1.37. The highest BCUT2D eigenvalue weighted by Crippen LogP contribution is 2.32. The monoisotopic (exact) mass is 835 g/mol. The van der Waals surface area contributed by atoms with Crippen LogP contribution in [0.5, 0.6) is 5.75 Å². The second kappa shape index (κ2) is 18.9. The van der Waals surface area contributed by atoms with E-state index in [1.54, 1.807) is 48.5 Å². The number of nitriles is 1. The van der Waals surface area contributed by atoms with E-state index in [1.807, 2.05) is 6.07 Å². The number of nitrogens with zero attached hydrogens (tertiary/aromatic N) is 3. The number of nitrogens with one attached hydrogen (secondary N) is 4. The number of carbonyl (C=O) groups is 6. The van der Waals surface area contributed by atoms with Gasteiger partial charge in [0.05, 0.1) is 24.8 Å². The van der Waals surface area contributed by atoms with Gasteiger partial charge in [-0.3, -0.25) is 28.8 Å². The average molecular weight is 836 g/mol. The van der Waals surface area contributed by atoms with Crippen LogP contribution in [0.1, 0.15) is 61.6 Å². The van der Waals surface area contributed by atoms with Gasteiger partial charge in [0.2, 0.25) is 35.4 Å². The van der Waals surface area contributed by atoms with Gasteiger partial charge in [0.1, 0.15) is 53.4 Å². The molecule has 3 aromatic rings. The molecule has 7 rings (SSSR count). The first-order valence-electron chi connectivity index (χ1n) is 20.8. The molecule has 0 radical (unpaired) electrons. The Kier molecular flexibility index (Phi) is 13.3. The van der Waals surface area contributed by atoms with Gasteiger partial charge in [-0.25, -0.2) is 4.39 Å². The van der Waals surface area contributed by atoms with Crippen molar-refractivity contribution in [3.05, 3.63) is 101 Å². The lowest BCUT2D eigenvalue weighted by molar-refractivity contribution is -0.149. The van der Waals surface area contributed by atoms with Crippen LogP contribution in [-0.2, 0) is 46.3 Å². The first-order valence-corrected chi connectivity index (χ1v) is 20.8. The highest BCUT2D eigenvalue weighted by molar-refractivity contribution is 6.00. The van der Waals surface area contributed by atoms with Crippen LogP contribution in [-0.4, -0.2) is 114 Å². The Balaban J connectivity index is 1.28. The zero-order valence-corrected chi connectivity index (χ0v) is 33.9. The molecule has 4 aliphatic rings. The Morgan fingerprint density at radius 2 is 1.38 bits per heavy atom. The van der Waals surface area contributed by atoms with E-state index in [0.29, 0.717) is 48.1 Å². The molecular formula is C45H50FN7O8. The molecule has 320 valence electrons. The van der Waals surface area contributed by atoms with E-state index in [-0.39, 0.29) is 51.8 Å². The van der Waals surface area contributed by atoms with Crippen molar-refractivity contribution in [3.8, 4) is 11.8 Å². The highest BCUT2D eigenvalue weighted by Gasteiger charge is 2.49. The minimum Gasteiger partial charge on any atom is -0.488 e. The smallest absolute Gasteiger partial charge is 0.248 e. The minimum absolute atomic E-state index is 0.0173. The summed E-state index contributed by atoms with van der Waals surface area (Å²) in [5, 5.41) is 20.9. The average Bonchev–Trinajstić information content (AvgIpc) is 4.05. The van der Waals surface area contributed by atoms with Gasteiger partial charge in [0.15, 0.2) is 0 Å². The van der Waals surface area contributed by atoms with Crippen molar-refractivity contribution < 1.29 is 42.6 Å². The largest absolute Gasteiger partial charge is 0.488 e. The molecule has 16 heteroatoms. The number of amides is 6. The zero-order valence-electron chi connectivity index (χ0n) is 33.9. The lowest BCUT2D eigenvalue weighted by atomic mass is 9.93. The van der Waals surface area contributed by atoms with Crippen molar-refractivity contribution in [2.24, 2.45) is 0 Å². The topological polar surface area (TPSA) is 199 Å². The zero-order chi connectivity index (χ0) is 43.1. The number of halogens is 1. The third-order valence-electron chi connectivity index (χ3n) is 12.0. The Labute approximate surface area is 353 Å². The Morgan fingerprint density at radius 1 is 0.738 bits per heavy atom. The number of methoxy groups -OCH3 is 1. The molecule has 61 heavy (non-hydrogen) atoms. The van der Waals surface area contributed by atoms with E-state index in [0.717, 1.165) is 0 Å². The number of para-hydroxylation sites is 1. The van der Waals surface area contributed by atoms with Crippen LogP contribution in [0.2, 0.25) is 0 Å². The molecule has 6 amide bonds. The normalized spacial score (nSPS) is 26.0. The van der Waals surface area contributed by atoms with E-state index in [9.17, 15) is 38.4 Å². The molecule has 3 heterocycles. The van der Waals surface area contributed by atoms with Crippen LogP contribution in [0.15, 0.2) is 78.9 Å². The summed E-state index contributed by atoms with van der Waals surface area (Å²) in [5.74, 6) is -3.62. The summed E-state index contributed by atoms with van der Waals surface area (Å²) in [5.41, 5.74) is 0.0675. The molecule has 15 nitrogen and oxygen atoms in total. The lowest BCUT2D eigenvalue weighted by Crippen LogP contribution is -2.65. The van der Waals surface area contributed by atoms with Crippen LogP contribution in [0.4, 0.5) is 4.39 Å². The minimum atomic E-state index is -1.48. The number of hydrogen-bond acceptors (Lipinski definition) is 9. The maximum Gasteiger partial charge on any atom is 0.248 e. The number of hydrogen-bond donors (Lipinski definition) is 4. The van der Waals surface area contributed by atoms with Crippen molar-refractivity contribution in [2.45, 2.75) is 99.6 Å². The van der Waals surface area contributed by atoms with Crippen LogP contribution < -0.4 is 26.0 Å². The number of fused-ring (bicyclic) bond motifs is 2. The number of ether oxygens (including phenoxy) is 2. The SMILES string of the molecule is COC[C@@H]1NC(=O)[C@H](Cc2ccc(F)cc2)NC(=O)C2(CCCC2)NC(=O)[C@H](Cc2ccc(C#N)cc2)NC(=O)[C@H]2C[C@H](Oc3ccccc3)CN2C(=O)[C@H]2CCCN2C1=O. The van der Waals surface area contributed by atoms with Gasteiger partial charge in [0, 0.05) is 32.9 Å². The van der Waals surface area contributed by atoms with Crippen LogP contribution in [0.25, 0.3) is 0 Å². The molecule has 3 aliphatic heterocycles. The van der Waals surface area contributed by atoms with Crippen molar-refractivity contribution >= 4 is 35.4 Å². The second-order valence-electron chi connectivity index (χ2n) is 16.2. The van der Waals surface area contributed by atoms with Gasteiger partial charge >= 0.3 is 0 Å². The fourth-order valence-electron chi connectivity index (χ4n) is 8.86. The quantitative estimate of drug-likeness (QED) is 0.263. The summed E-state index contributed by atoms with van der Waals surface area (Å²) >= 11 is 0. The van der Waals surface area contributed by atoms with E-state index in [2.05, 4.69) is 27.3 Å². The molecule has 0 aromatic heterocycles. The molecule has 1 spiro atoms. The molecule has 3 aromatic carbocycles. The van der Waals surface area contributed by atoms with Gasteiger partial charge in [-0.15, -0.1) is 0 Å². The molecule has 4 fully saturated rings. The molecule has 6 atom stereocenters.